The number of H-pyrrole nitrogens is 1. The van der Waals surface area contributed by atoms with Crippen LogP contribution in [-0.2, 0) is 16.0 Å². The molecule has 1 atom stereocenters. The minimum absolute atomic E-state index is 0.00723. The van der Waals surface area contributed by atoms with Gasteiger partial charge in [-0.3, -0.25) is 9.59 Å². The second-order valence-corrected chi connectivity index (χ2v) is 9.27. The summed E-state index contributed by atoms with van der Waals surface area (Å²) in [4.78, 5) is 31.4. The molecule has 4 aromatic rings. The highest BCUT2D eigenvalue weighted by Crippen LogP contribution is 2.42. The summed E-state index contributed by atoms with van der Waals surface area (Å²) in [7, 11) is 3.03. The van der Waals surface area contributed by atoms with E-state index in [1.54, 1.807) is 31.4 Å². The first kappa shape index (κ1) is 25.0. The van der Waals surface area contributed by atoms with Crippen molar-refractivity contribution in [3.8, 4) is 17.2 Å². The molecule has 38 heavy (non-hydrogen) atoms. The number of hydrogen-bond donors (Lipinski definition) is 3. The SMILES string of the molecule is COc1ccc2[nH]cc(CCN3C(=O)C(=O)/C(=C(\O)c4ccc(C)cc4)C3c3ccc(O)c(OC)c3)c2c1. The molecule has 5 rings (SSSR count). The van der Waals surface area contributed by atoms with Crippen LogP contribution < -0.4 is 9.47 Å². The molecule has 3 aromatic carbocycles. The summed E-state index contributed by atoms with van der Waals surface area (Å²) < 4.78 is 10.6. The number of aliphatic hydroxyl groups is 1. The zero-order chi connectivity index (χ0) is 27.0. The summed E-state index contributed by atoms with van der Waals surface area (Å²) >= 11 is 0. The van der Waals surface area contributed by atoms with Gasteiger partial charge in [-0.15, -0.1) is 0 Å². The van der Waals surface area contributed by atoms with Crippen molar-refractivity contribution in [1.82, 2.24) is 9.88 Å². The van der Waals surface area contributed by atoms with Gasteiger partial charge < -0.3 is 29.6 Å². The fraction of sp³-hybridized carbons (Fsp3) is 0.200. The van der Waals surface area contributed by atoms with E-state index in [0.717, 1.165) is 22.0 Å². The average Bonchev–Trinajstić information content (AvgIpc) is 3.45. The van der Waals surface area contributed by atoms with Crippen LogP contribution in [0.1, 0.15) is 28.3 Å². The lowest BCUT2D eigenvalue weighted by Gasteiger charge is -2.25. The molecule has 1 saturated heterocycles. The highest BCUT2D eigenvalue weighted by atomic mass is 16.5. The smallest absolute Gasteiger partial charge is 0.295 e. The molecule has 0 spiro atoms. The zero-order valence-corrected chi connectivity index (χ0v) is 21.3. The van der Waals surface area contributed by atoms with Gasteiger partial charge in [-0.25, -0.2) is 0 Å². The Labute approximate surface area is 219 Å². The second kappa shape index (κ2) is 9.97. The number of nitrogens with zero attached hydrogens (tertiary/aromatic N) is 1. The molecule has 1 aliphatic rings. The van der Waals surface area contributed by atoms with Crippen molar-refractivity contribution in [1.29, 1.82) is 0 Å². The van der Waals surface area contributed by atoms with E-state index in [1.165, 1.54) is 18.1 Å². The number of amides is 1. The Bertz CT molecular complexity index is 1570. The molecule has 0 aliphatic carbocycles. The van der Waals surface area contributed by atoms with Crippen LogP contribution in [0, 0.1) is 6.92 Å². The van der Waals surface area contributed by atoms with E-state index in [9.17, 15) is 19.8 Å². The van der Waals surface area contributed by atoms with Gasteiger partial charge in [0.25, 0.3) is 11.7 Å². The molecule has 1 amide bonds. The summed E-state index contributed by atoms with van der Waals surface area (Å²) in [6.07, 6.45) is 2.34. The number of ether oxygens (including phenoxy) is 2. The van der Waals surface area contributed by atoms with Gasteiger partial charge in [-0.1, -0.05) is 35.9 Å². The maximum atomic E-state index is 13.4. The number of ketones is 1. The molecule has 1 fully saturated rings. The van der Waals surface area contributed by atoms with Crippen molar-refractivity contribution in [2.45, 2.75) is 19.4 Å². The van der Waals surface area contributed by atoms with Crippen LogP contribution in [0.4, 0.5) is 0 Å². The van der Waals surface area contributed by atoms with Crippen molar-refractivity contribution < 1.29 is 29.3 Å². The lowest BCUT2D eigenvalue weighted by molar-refractivity contribution is -0.139. The third-order valence-corrected chi connectivity index (χ3v) is 6.98. The first-order chi connectivity index (χ1) is 18.3. The molecule has 8 nitrogen and oxygen atoms in total. The second-order valence-electron chi connectivity index (χ2n) is 9.27. The molecule has 8 heteroatoms. The van der Waals surface area contributed by atoms with Crippen LogP contribution in [0.3, 0.4) is 0 Å². The van der Waals surface area contributed by atoms with E-state index in [2.05, 4.69) is 4.98 Å². The summed E-state index contributed by atoms with van der Waals surface area (Å²) in [6.45, 7) is 2.14. The molecule has 194 valence electrons. The van der Waals surface area contributed by atoms with E-state index in [1.807, 2.05) is 43.5 Å². The molecular weight excluding hydrogens is 484 g/mol. The fourth-order valence-corrected chi connectivity index (χ4v) is 4.92. The van der Waals surface area contributed by atoms with Crippen molar-refractivity contribution in [2.75, 3.05) is 20.8 Å². The maximum absolute atomic E-state index is 13.4. The van der Waals surface area contributed by atoms with Crippen LogP contribution >= 0.6 is 0 Å². The predicted molar refractivity (Wildman–Crippen MR) is 143 cm³/mol. The van der Waals surface area contributed by atoms with E-state index in [0.29, 0.717) is 23.3 Å². The predicted octanol–water partition coefficient (Wildman–Crippen LogP) is 4.86. The summed E-state index contributed by atoms with van der Waals surface area (Å²) in [5, 5.41) is 22.4. The standard InChI is InChI=1S/C30H28N2O6/c1-17-4-6-18(7-5-17)28(34)26-27(19-8-11-24(33)25(14-19)38-3)32(30(36)29(26)35)13-12-20-16-31-23-10-9-21(37-2)15-22(20)23/h4-11,14-16,27,31,33-34H,12-13H2,1-3H3/b28-26-. The Kier molecular flexibility index (Phi) is 6.55. The number of aromatic nitrogens is 1. The Hall–Kier alpha value is -4.72. The topological polar surface area (TPSA) is 112 Å². The van der Waals surface area contributed by atoms with Crippen LogP contribution in [0.25, 0.3) is 16.7 Å². The fourth-order valence-electron chi connectivity index (χ4n) is 4.92. The van der Waals surface area contributed by atoms with Crippen molar-refractivity contribution in [2.24, 2.45) is 0 Å². The number of nitrogens with one attached hydrogen (secondary N) is 1. The van der Waals surface area contributed by atoms with Gasteiger partial charge in [0.1, 0.15) is 11.5 Å². The van der Waals surface area contributed by atoms with Gasteiger partial charge in [0.05, 0.1) is 25.8 Å². The third-order valence-electron chi connectivity index (χ3n) is 6.98. The number of fused-ring (bicyclic) bond motifs is 1. The minimum atomic E-state index is -0.870. The molecule has 0 radical (unpaired) electrons. The molecule has 3 N–H and O–H groups in total. The number of rotatable bonds is 7. The number of phenols is 1. The quantitative estimate of drug-likeness (QED) is 0.185. The Balaban J connectivity index is 1.58. The first-order valence-electron chi connectivity index (χ1n) is 12.2. The van der Waals surface area contributed by atoms with Crippen LogP contribution in [-0.4, -0.2) is 52.6 Å². The molecule has 1 aromatic heterocycles. The van der Waals surface area contributed by atoms with Gasteiger partial charge in [-0.05, 0) is 54.8 Å². The number of likely N-dealkylation sites (tertiary alicyclic amines) is 1. The number of aromatic hydroxyl groups is 1. The van der Waals surface area contributed by atoms with Crippen LogP contribution in [0.5, 0.6) is 17.2 Å². The van der Waals surface area contributed by atoms with E-state index in [4.69, 9.17) is 9.47 Å². The number of carbonyl (C=O) groups is 2. The number of hydrogen-bond acceptors (Lipinski definition) is 6. The summed E-state index contributed by atoms with van der Waals surface area (Å²) in [6, 6.07) is 16.6. The van der Waals surface area contributed by atoms with Gasteiger partial charge in [0.15, 0.2) is 11.5 Å². The summed E-state index contributed by atoms with van der Waals surface area (Å²) in [5.74, 6) is -0.867. The van der Waals surface area contributed by atoms with E-state index < -0.39 is 17.7 Å². The number of phenolic OH excluding ortho intramolecular Hbond substituents is 1. The van der Waals surface area contributed by atoms with Crippen molar-refractivity contribution in [3.05, 3.63) is 94.7 Å². The molecule has 0 saturated carbocycles. The van der Waals surface area contributed by atoms with Gasteiger partial charge in [-0.2, -0.15) is 0 Å². The van der Waals surface area contributed by atoms with Crippen LogP contribution in [0.15, 0.2) is 72.4 Å². The largest absolute Gasteiger partial charge is 0.507 e. The first-order valence-corrected chi connectivity index (χ1v) is 12.2. The number of aliphatic hydroxyl groups excluding tert-OH is 1. The Morgan fingerprint density at radius 3 is 2.47 bits per heavy atom. The minimum Gasteiger partial charge on any atom is -0.507 e. The highest BCUT2D eigenvalue weighted by molar-refractivity contribution is 6.46. The molecule has 0 bridgehead atoms. The number of aromatic amines is 1. The number of carbonyl (C=O) groups excluding carboxylic acids is 2. The summed E-state index contributed by atoms with van der Waals surface area (Å²) in [5.41, 5.74) is 3.86. The van der Waals surface area contributed by atoms with E-state index in [-0.39, 0.29) is 29.4 Å². The number of methoxy groups -OCH3 is 2. The average molecular weight is 513 g/mol. The lowest BCUT2D eigenvalue weighted by atomic mass is 9.94. The number of Topliss-reactive ketones (excluding diaryl/α,β-unsaturated/α-hetero) is 1. The van der Waals surface area contributed by atoms with Gasteiger partial charge in [0, 0.05) is 29.2 Å². The van der Waals surface area contributed by atoms with Crippen molar-refractivity contribution in [3.63, 3.8) is 0 Å². The van der Waals surface area contributed by atoms with Gasteiger partial charge in [0.2, 0.25) is 0 Å². The Morgan fingerprint density at radius 2 is 1.76 bits per heavy atom. The normalized spacial score (nSPS) is 16.8. The third kappa shape index (κ3) is 4.34. The molecule has 2 heterocycles. The number of aryl methyl sites for hydroxylation is 1. The molecule has 1 aliphatic heterocycles. The van der Waals surface area contributed by atoms with Crippen LogP contribution in [0.2, 0.25) is 0 Å². The molecule has 1 unspecified atom stereocenters. The van der Waals surface area contributed by atoms with Crippen molar-refractivity contribution >= 4 is 28.4 Å². The monoisotopic (exact) mass is 512 g/mol. The molecular formula is C30H28N2O6. The maximum Gasteiger partial charge on any atom is 0.295 e. The Morgan fingerprint density at radius 1 is 1.00 bits per heavy atom. The zero-order valence-electron chi connectivity index (χ0n) is 21.3. The van der Waals surface area contributed by atoms with Gasteiger partial charge >= 0.3 is 0 Å². The highest BCUT2D eigenvalue weighted by Gasteiger charge is 2.46. The van der Waals surface area contributed by atoms with E-state index >= 15 is 0 Å². The number of benzene rings is 3. The lowest BCUT2D eigenvalue weighted by Crippen LogP contribution is -2.31.